The van der Waals surface area contributed by atoms with Crippen LogP contribution in [0.25, 0.3) is 10.2 Å². The molecule has 7 heteroatoms. The van der Waals surface area contributed by atoms with Crippen molar-refractivity contribution >= 4 is 38.5 Å². The maximum absolute atomic E-state index is 12.7. The second-order valence-corrected chi connectivity index (χ2v) is 8.25. The highest BCUT2D eigenvalue weighted by Crippen LogP contribution is 2.29. The van der Waals surface area contributed by atoms with Crippen LogP contribution in [-0.4, -0.2) is 40.8 Å². The van der Waals surface area contributed by atoms with Crippen LogP contribution in [0.2, 0.25) is 0 Å². The molecular formula is C18H24N4O2S. The van der Waals surface area contributed by atoms with Crippen LogP contribution in [-0.2, 0) is 9.59 Å². The second kappa shape index (κ2) is 6.72. The van der Waals surface area contributed by atoms with Crippen LogP contribution in [0.3, 0.4) is 0 Å². The number of hydrogen-bond donors (Lipinski definition) is 2. The van der Waals surface area contributed by atoms with Crippen molar-refractivity contribution < 1.29 is 9.59 Å². The molecule has 0 bridgehead atoms. The Morgan fingerprint density at radius 2 is 2.20 bits per heavy atom. The highest BCUT2D eigenvalue weighted by molar-refractivity contribution is 7.22. The maximum atomic E-state index is 12.7. The van der Waals surface area contributed by atoms with Gasteiger partial charge in [0.05, 0.1) is 15.6 Å². The van der Waals surface area contributed by atoms with E-state index in [4.69, 9.17) is 5.73 Å². The van der Waals surface area contributed by atoms with Gasteiger partial charge in [0.15, 0.2) is 5.13 Å². The van der Waals surface area contributed by atoms with Crippen LogP contribution in [0.5, 0.6) is 0 Å². The number of nitrogens with two attached hydrogens (primary N) is 1. The zero-order valence-corrected chi connectivity index (χ0v) is 15.7. The summed E-state index contributed by atoms with van der Waals surface area (Å²) in [6.07, 6.45) is 1.49. The fourth-order valence-corrected chi connectivity index (χ4v) is 4.00. The van der Waals surface area contributed by atoms with Crippen LogP contribution >= 0.6 is 11.3 Å². The Bertz CT molecular complexity index is 815. The minimum absolute atomic E-state index is 0.0624. The lowest BCUT2D eigenvalue weighted by atomic mass is 9.91. The van der Waals surface area contributed by atoms with E-state index in [2.05, 4.69) is 16.4 Å². The minimum Gasteiger partial charge on any atom is -0.330 e. The van der Waals surface area contributed by atoms with E-state index in [1.807, 2.05) is 32.9 Å². The van der Waals surface area contributed by atoms with Gasteiger partial charge in [-0.15, -0.1) is 0 Å². The SMILES string of the molecule is Cc1ccc2nc(NC(=O)[C@H]3CCCN3C(=O)C(C)(C)CN)sc2c1. The molecule has 0 spiro atoms. The third kappa shape index (κ3) is 3.52. The van der Waals surface area contributed by atoms with E-state index >= 15 is 0 Å². The number of hydrogen-bond acceptors (Lipinski definition) is 5. The van der Waals surface area contributed by atoms with Gasteiger partial charge in [-0.25, -0.2) is 4.98 Å². The Labute approximate surface area is 151 Å². The third-order valence-electron chi connectivity index (χ3n) is 4.68. The Kier molecular flexibility index (Phi) is 4.79. The summed E-state index contributed by atoms with van der Waals surface area (Å²) in [5.41, 5.74) is 7.09. The average molecular weight is 360 g/mol. The fourth-order valence-electron chi connectivity index (χ4n) is 3.03. The molecule has 0 radical (unpaired) electrons. The van der Waals surface area contributed by atoms with Crippen molar-refractivity contribution in [2.75, 3.05) is 18.4 Å². The van der Waals surface area contributed by atoms with E-state index in [9.17, 15) is 9.59 Å². The zero-order valence-electron chi connectivity index (χ0n) is 14.8. The number of nitrogens with zero attached hydrogens (tertiary/aromatic N) is 2. The number of rotatable bonds is 4. The van der Waals surface area contributed by atoms with Gasteiger partial charge in [-0.05, 0) is 51.3 Å². The molecule has 3 rings (SSSR count). The molecule has 1 aromatic heterocycles. The lowest BCUT2D eigenvalue weighted by Gasteiger charge is -2.31. The van der Waals surface area contributed by atoms with Gasteiger partial charge in [0.1, 0.15) is 6.04 Å². The largest absolute Gasteiger partial charge is 0.330 e. The Morgan fingerprint density at radius 1 is 1.44 bits per heavy atom. The molecular weight excluding hydrogens is 336 g/mol. The number of carbonyl (C=O) groups excluding carboxylic acids is 2. The van der Waals surface area contributed by atoms with Gasteiger partial charge < -0.3 is 16.0 Å². The number of aromatic nitrogens is 1. The van der Waals surface area contributed by atoms with Gasteiger partial charge in [0, 0.05) is 13.1 Å². The van der Waals surface area contributed by atoms with Crippen molar-refractivity contribution in [3.05, 3.63) is 23.8 Å². The number of aryl methyl sites for hydroxylation is 1. The topological polar surface area (TPSA) is 88.3 Å². The molecule has 1 aromatic carbocycles. The van der Waals surface area contributed by atoms with E-state index in [0.29, 0.717) is 18.1 Å². The van der Waals surface area contributed by atoms with Crippen molar-refractivity contribution in [3.8, 4) is 0 Å². The standard InChI is InChI=1S/C18H24N4O2S/c1-11-6-7-12-14(9-11)25-17(20-12)21-15(23)13-5-4-8-22(13)16(24)18(2,3)10-19/h6-7,9,13H,4-5,8,10,19H2,1-3H3,(H,20,21,23)/t13-/m1/s1. The van der Waals surface area contributed by atoms with Crippen LogP contribution in [0.4, 0.5) is 5.13 Å². The van der Waals surface area contributed by atoms with Crippen molar-refractivity contribution in [1.29, 1.82) is 0 Å². The molecule has 1 atom stereocenters. The van der Waals surface area contributed by atoms with Gasteiger partial charge in [0.2, 0.25) is 11.8 Å². The quantitative estimate of drug-likeness (QED) is 0.877. The molecule has 6 nitrogen and oxygen atoms in total. The molecule has 0 aliphatic carbocycles. The summed E-state index contributed by atoms with van der Waals surface area (Å²) in [5.74, 6) is -0.234. The van der Waals surface area contributed by atoms with E-state index < -0.39 is 11.5 Å². The molecule has 2 amide bonds. The predicted octanol–water partition coefficient (Wildman–Crippen LogP) is 2.52. The smallest absolute Gasteiger partial charge is 0.248 e. The van der Waals surface area contributed by atoms with Crippen LogP contribution < -0.4 is 11.1 Å². The van der Waals surface area contributed by atoms with Gasteiger partial charge in [-0.1, -0.05) is 17.4 Å². The highest BCUT2D eigenvalue weighted by Gasteiger charge is 2.40. The molecule has 25 heavy (non-hydrogen) atoms. The van der Waals surface area contributed by atoms with Gasteiger partial charge in [0.25, 0.3) is 0 Å². The summed E-state index contributed by atoms with van der Waals surface area (Å²) in [6, 6.07) is 5.55. The average Bonchev–Trinajstić information content (AvgIpc) is 3.19. The molecule has 1 fully saturated rings. The second-order valence-electron chi connectivity index (χ2n) is 7.22. The summed E-state index contributed by atoms with van der Waals surface area (Å²) < 4.78 is 1.04. The van der Waals surface area contributed by atoms with E-state index in [0.717, 1.165) is 22.2 Å². The van der Waals surface area contributed by atoms with Crippen LogP contribution in [0.15, 0.2) is 18.2 Å². The van der Waals surface area contributed by atoms with Gasteiger partial charge in [-0.3, -0.25) is 9.59 Å². The van der Waals surface area contributed by atoms with E-state index in [1.165, 1.54) is 11.3 Å². The van der Waals surface area contributed by atoms with E-state index in [-0.39, 0.29) is 18.4 Å². The first-order valence-electron chi connectivity index (χ1n) is 8.51. The molecule has 0 unspecified atom stereocenters. The van der Waals surface area contributed by atoms with Crippen molar-refractivity contribution in [1.82, 2.24) is 9.88 Å². The first kappa shape index (κ1) is 17.8. The number of amides is 2. The summed E-state index contributed by atoms with van der Waals surface area (Å²) in [6.45, 7) is 6.52. The van der Waals surface area contributed by atoms with Crippen molar-refractivity contribution in [3.63, 3.8) is 0 Å². The summed E-state index contributed by atoms with van der Waals surface area (Å²) in [4.78, 5) is 31.5. The molecule has 1 saturated heterocycles. The van der Waals surface area contributed by atoms with Crippen molar-refractivity contribution in [2.24, 2.45) is 11.1 Å². The summed E-state index contributed by atoms with van der Waals surface area (Å²) >= 11 is 1.45. The number of nitrogens with one attached hydrogen (secondary N) is 1. The lowest BCUT2D eigenvalue weighted by Crippen LogP contribution is -2.50. The molecule has 2 heterocycles. The van der Waals surface area contributed by atoms with Crippen LogP contribution in [0, 0.1) is 12.3 Å². The normalized spacial score (nSPS) is 17.9. The molecule has 3 N–H and O–H groups in total. The predicted molar refractivity (Wildman–Crippen MR) is 101 cm³/mol. The zero-order chi connectivity index (χ0) is 18.2. The maximum Gasteiger partial charge on any atom is 0.248 e. The monoisotopic (exact) mass is 360 g/mol. The van der Waals surface area contributed by atoms with Gasteiger partial charge in [-0.2, -0.15) is 0 Å². The molecule has 1 aliphatic heterocycles. The third-order valence-corrected chi connectivity index (χ3v) is 5.61. The number of anilines is 1. The fraction of sp³-hybridized carbons (Fsp3) is 0.500. The number of thiazole rings is 1. The lowest BCUT2D eigenvalue weighted by molar-refractivity contribution is -0.143. The number of carbonyl (C=O) groups is 2. The summed E-state index contributed by atoms with van der Waals surface area (Å²) in [5, 5.41) is 3.46. The molecule has 134 valence electrons. The molecule has 1 aliphatic rings. The molecule has 0 saturated carbocycles. The Hall–Kier alpha value is -1.99. The molecule has 2 aromatic rings. The Balaban J connectivity index is 1.76. The van der Waals surface area contributed by atoms with E-state index in [1.54, 1.807) is 4.90 Å². The first-order valence-corrected chi connectivity index (χ1v) is 9.32. The summed E-state index contributed by atoms with van der Waals surface area (Å²) in [7, 11) is 0. The van der Waals surface area contributed by atoms with Crippen molar-refractivity contribution in [2.45, 2.75) is 39.7 Å². The Morgan fingerprint density at radius 3 is 2.92 bits per heavy atom. The number of fused-ring (bicyclic) bond motifs is 1. The van der Waals surface area contributed by atoms with Gasteiger partial charge >= 0.3 is 0 Å². The minimum atomic E-state index is -0.656. The van der Waals surface area contributed by atoms with Crippen LogP contribution in [0.1, 0.15) is 32.3 Å². The highest BCUT2D eigenvalue weighted by atomic mass is 32.1. The number of benzene rings is 1. The first-order chi connectivity index (χ1) is 11.8. The number of likely N-dealkylation sites (tertiary alicyclic amines) is 1.